The van der Waals surface area contributed by atoms with Gasteiger partial charge in [-0.15, -0.1) is 11.3 Å². The maximum absolute atomic E-state index is 12.8. The Hall–Kier alpha value is -3.72. The van der Waals surface area contributed by atoms with Crippen LogP contribution in [0.1, 0.15) is 31.8 Å². The van der Waals surface area contributed by atoms with E-state index in [-0.39, 0.29) is 23.6 Å². The quantitative estimate of drug-likeness (QED) is 0.489. The number of carbonyl (C=O) groups is 2. The van der Waals surface area contributed by atoms with E-state index in [2.05, 4.69) is 20.7 Å². The van der Waals surface area contributed by atoms with Crippen molar-refractivity contribution in [2.24, 2.45) is 0 Å². The lowest BCUT2D eigenvalue weighted by molar-refractivity contribution is 0.0935. The van der Waals surface area contributed by atoms with Gasteiger partial charge in [0.05, 0.1) is 28.7 Å². The van der Waals surface area contributed by atoms with Crippen LogP contribution >= 0.6 is 11.3 Å². The molecule has 3 aromatic heterocycles. The Kier molecular flexibility index (Phi) is 5.48. The molecule has 1 atom stereocenters. The van der Waals surface area contributed by atoms with E-state index >= 15 is 0 Å². The largest absolute Gasteiger partial charge is 0.459 e. The molecule has 0 bridgehead atoms. The maximum Gasteiger partial charge on any atom is 0.291 e. The molecule has 3 heterocycles. The van der Waals surface area contributed by atoms with Crippen molar-refractivity contribution >= 4 is 28.2 Å². The van der Waals surface area contributed by atoms with Gasteiger partial charge in [0.25, 0.3) is 11.8 Å². The number of furan rings is 1. The first-order chi connectivity index (χ1) is 14.2. The molecule has 146 valence electrons. The summed E-state index contributed by atoms with van der Waals surface area (Å²) in [6.07, 6.45) is 4.49. The molecular weight excluding hydrogens is 390 g/mol. The van der Waals surface area contributed by atoms with E-state index < -0.39 is 0 Å². The molecule has 0 radical (unpaired) electrons. The van der Waals surface area contributed by atoms with E-state index in [1.54, 1.807) is 35.3 Å². The Morgan fingerprint density at radius 3 is 2.66 bits per heavy atom. The van der Waals surface area contributed by atoms with E-state index in [0.29, 0.717) is 16.4 Å². The Morgan fingerprint density at radius 1 is 1.07 bits per heavy atom. The van der Waals surface area contributed by atoms with E-state index in [4.69, 9.17) is 4.42 Å². The van der Waals surface area contributed by atoms with E-state index in [9.17, 15) is 9.59 Å². The van der Waals surface area contributed by atoms with Crippen molar-refractivity contribution in [2.45, 2.75) is 12.6 Å². The van der Waals surface area contributed by atoms with Crippen molar-refractivity contribution in [1.82, 2.24) is 20.1 Å². The SMILES string of the molecule is O=C(Nc1ccc(C(=O)NC(Cn2cncn2)c2ccccc2)s1)c1ccco1. The number of nitrogens with zero attached hydrogens (tertiary/aromatic N) is 3. The highest BCUT2D eigenvalue weighted by Crippen LogP contribution is 2.24. The van der Waals surface area contributed by atoms with Crippen molar-refractivity contribution in [2.75, 3.05) is 5.32 Å². The summed E-state index contributed by atoms with van der Waals surface area (Å²) in [5, 5.41) is 10.4. The molecule has 8 nitrogen and oxygen atoms in total. The van der Waals surface area contributed by atoms with Crippen LogP contribution in [0.3, 0.4) is 0 Å². The predicted octanol–water partition coefficient (Wildman–Crippen LogP) is 3.36. The van der Waals surface area contributed by atoms with Gasteiger partial charge in [-0.2, -0.15) is 5.10 Å². The van der Waals surface area contributed by atoms with Crippen LogP contribution in [-0.2, 0) is 6.54 Å². The number of aromatic nitrogens is 3. The van der Waals surface area contributed by atoms with Crippen molar-refractivity contribution in [3.63, 3.8) is 0 Å². The van der Waals surface area contributed by atoms with Gasteiger partial charge in [-0.05, 0) is 29.8 Å². The monoisotopic (exact) mass is 407 g/mol. The van der Waals surface area contributed by atoms with E-state index in [1.807, 2.05) is 30.3 Å². The summed E-state index contributed by atoms with van der Waals surface area (Å²) in [7, 11) is 0. The molecule has 2 amide bonds. The fraction of sp³-hybridized carbons (Fsp3) is 0.100. The van der Waals surface area contributed by atoms with Gasteiger partial charge in [0, 0.05) is 0 Å². The average Bonchev–Trinajstić information content (AvgIpc) is 3.50. The minimum atomic E-state index is -0.364. The first-order valence-corrected chi connectivity index (χ1v) is 9.63. The molecule has 4 rings (SSSR count). The second-order valence-corrected chi connectivity index (χ2v) is 7.23. The zero-order valence-electron chi connectivity index (χ0n) is 15.2. The number of benzene rings is 1. The number of nitrogens with one attached hydrogen (secondary N) is 2. The minimum absolute atomic E-state index is 0.210. The Bertz CT molecular complexity index is 1070. The van der Waals surface area contributed by atoms with Gasteiger partial charge >= 0.3 is 0 Å². The zero-order valence-corrected chi connectivity index (χ0v) is 16.0. The van der Waals surface area contributed by atoms with Crippen LogP contribution in [0.15, 0.2) is 77.9 Å². The first kappa shape index (κ1) is 18.6. The number of thiophene rings is 1. The smallest absolute Gasteiger partial charge is 0.291 e. The van der Waals surface area contributed by atoms with Crippen LogP contribution in [0.25, 0.3) is 0 Å². The second kappa shape index (κ2) is 8.53. The van der Waals surface area contributed by atoms with E-state index in [0.717, 1.165) is 5.56 Å². The molecule has 0 aliphatic heterocycles. The van der Waals surface area contributed by atoms with Gasteiger partial charge < -0.3 is 15.1 Å². The molecule has 1 unspecified atom stereocenters. The molecule has 4 aromatic rings. The standard InChI is InChI=1S/C20H17N5O3S/c26-19(16-7-4-10-28-16)24-18-9-8-17(29-18)20(27)23-15(11-25-13-21-12-22-25)14-5-2-1-3-6-14/h1-10,12-13,15H,11H2,(H,23,27)(H,24,26). The fourth-order valence-electron chi connectivity index (χ4n) is 2.77. The van der Waals surface area contributed by atoms with Crippen LogP contribution in [-0.4, -0.2) is 26.6 Å². The predicted molar refractivity (Wildman–Crippen MR) is 108 cm³/mol. The molecule has 1 aromatic carbocycles. The van der Waals surface area contributed by atoms with Crippen LogP contribution < -0.4 is 10.6 Å². The molecule has 0 spiro atoms. The van der Waals surface area contributed by atoms with Crippen LogP contribution in [0.5, 0.6) is 0 Å². The molecule has 0 saturated carbocycles. The number of anilines is 1. The Labute approximate surface area is 170 Å². The average molecular weight is 407 g/mol. The summed E-state index contributed by atoms with van der Waals surface area (Å²) in [4.78, 5) is 29.3. The van der Waals surface area contributed by atoms with Gasteiger partial charge in [-0.1, -0.05) is 30.3 Å². The van der Waals surface area contributed by atoms with Gasteiger partial charge in [0.1, 0.15) is 12.7 Å². The van der Waals surface area contributed by atoms with Crippen molar-refractivity contribution in [3.8, 4) is 0 Å². The van der Waals surface area contributed by atoms with Gasteiger partial charge in [0.15, 0.2) is 5.76 Å². The summed E-state index contributed by atoms with van der Waals surface area (Å²) >= 11 is 1.19. The lowest BCUT2D eigenvalue weighted by atomic mass is 10.1. The number of amides is 2. The molecular formula is C20H17N5O3S. The Morgan fingerprint density at radius 2 is 1.93 bits per heavy atom. The summed E-state index contributed by atoms with van der Waals surface area (Å²) in [6, 6.07) is 16.0. The molecule has 9 heteroatoms. The summed E-state index contributed by atoms with van der Waals surface area (Å²) in [5.41, 5.74) is 0.958. The highest BCUT2D eigenvalue weighted by Gasteiger charge is 2.19. The van der Waals surface area contributed by atoms with Crippen molar-refractivity contribution in [1.29, 1.82) is 0 Å². The molecule has 29 heavy (non-hydrogen) atoms. The first-order valence-electron chi connectivity index (χ1n) is 8.82. The highest BCUT2D eigenvalue weighted by molar-refractivity contribution is 7.18. The lowest BCUT2D eigenvalue weighted by Crippen LogP contribution is -2.31. The third-order valence-electron chi connectivity index (χ3n) is 4.15. The van der Waals surface area contributed by atoms with Gasteiger partial charge in [0.2, 0.25) is 0 Å². The van der Waals surface area contributed by atoms with Crippen LogP contribution in [0, 0.1) is 0 Å². The molecule has 0 saturated heterocycles. The maximum atomic E-state index is 12.8. The van der Waals surface area contributed by atoms with Crippen molar-refractivity contribution in [3.05, 3.63) is 89.7 Å². The summed E-state index contributed by atoms with van der Waals surface area (Å²) < 4.78 is 6.74. The Balaban J connectivity index is 1.46. The summed E-state index contributed by atoms with van der Waals surface area (Å²) in [5.74, 6) is -0.388. The van der Waals surface area contributed by atoms with E-state index in [1.165, 1.54) is 23.9 Å². The van der Waals surface area contributed by atoms with Crippen LogP contribution in [0.2, 0.25) is 0 Å². The number of hydrogen-bond acceptors (Lipinski definition) is 6. The molecule has 0 aliphatic carbocycles. The number of rotatable bonds is 7. The summed E-state index contributed by atoms with van der Waals surface area (Å²) in [6.45, 7) is 0.448. The fourth-order valence-corrected chi connectivity index (χ4v) is 3.58. The molecule has 0 fully saturated rings. The molecule has 0 aliphatic rings. The highest BCUT2D eigenvalue weighted by atomic mass is 32.1. The number of hydrogen-bond donors (Lipinski definition) is 2. The van der Waals surface area contributed by atoms with Crippen molar-refractivity contribution < 1.29 is 14.0 Å². The molecule has 2 N–H and O–H groups in total. The third kappa shape index (κ3) is 4.58. The van der Waals surface area contributed by atoms with Gasteiger partial charge in [-0.25, -0.2) is 4.98 Å². The lowest BCUT2D eigenvalue weighted by Gasteiger charge is -2.18. The topological polar surface area (TPSA) is 102 Å². The third-order valence-corrected chi connectivity index (χ3v) is 5.15. The van der Waals surface area contributed by atoms with Gasteiger partial charge in [-0.3, -0.25) is 14.3 Å². The zero-order chi connectivity index (χ0) is 20.1. The normalized spacial score (nSPS) is 11.7. The minimum Gasteiger partial charge on any atom is -0.459 e. The van der Waals surface area contributed by atoms with Crippen LogP contribution in [0.4, 0.5) is 5.00 Å². The second-order valence-electron chi connectivity index (χ2n) is 6.15. The number of carbonyl (C=O) groups excluding carboxylic acids is 2.